The molecule has 16 nitrogen and oxygen atoms in total. The summed E-state index contributed by atoms with van der Waals surface area (Å²) in [7, 11) is 1.91. The van der Waals surface area contributed by atoms with E-state index in [1.165, 1.54) is 0 Å². The molecule has 47 heavy (non-hydrogen) atoms. The van der Waals surface area contributed by atoms with Crippen LogP contribution in [0, 0.1) is 0 Å². The van der Waals surface area contributed by atoms with Gasteiger partial charge in [0.05, 0.1) is 36.8 Å². The molecule has 2 unspecified atom stereocenters. The Bertz CT molecular complexity index is 1050. The third-order valence-corrected chi connectivity index (χ3v) is 7.99. The number of hydrogen-bond donors (Lipinski definition) is 10. The Labute approximate surface area is 296 Å². The Morgan fingerprint density at radius 1 is 0.787 bits per heavy atom. The van der Waals surface area contributed by atoms with E-state index in [9.17, 15) is 30.0 Å². The van der Waals surface area contributed by atoms with Crippen LogP contribution in [0.2, 0.25) is 0 Å². The predicted octanol–water partition coefficient (Wildman–Crippen LogP) is -3.05. The number of likely N-dealkylation sites (N-methyl/N-ethyl adjacent to an activating group) is 1. The third kappa shape index (κ3) is 16.6. The molecule has 1 aliphatic rings. The van der Waals surface area contributed by atoms with Crippen molar-refractivity contribution < 1.29 is 57.3 Å². The van der Waals surface area contributed by atoms with Crippen LogP contribution in [-0.2, 0) is 39.7 Å². The van der Waals surface area contributed by atoms with Crippen LogP contribution >= 0.6 is 24.4 Å². The zero-order valence-corrected chi connectivity index (χ0v) is 29.2. The molecule has 19 heteroatoms. The SMILES string of the molecule is CN1CCN(C(CCNC(=S)NC[C@H](O)CO)C(=O)O)Cc2cccc(n2)CN(C(CCNC(=S)NC[C@H](O)CO)C(=O)O)CC1.[Mn]. The van der Waals surface area contributed by atoms with Gasteiger partial charge in [0.15, 0.2) is 10.2 Å². The second-order valence-corrected chi connectivity index (χ2v) is 11.9. The van der Waals surface area contributed by atoms with E-state index in [0.717, 1.165) is 0 Å². The fourth-order valence-corrected chi connectivity index (χ4v) is 5.14. The average Bonchev–Trinajstić information content (AvgIpc) is 3.02. The Balaban J connectivity index is 0.0000110. The monoisotopic (exact) mass is 743 g/mol. The van der Waals surface area contributed by atoms with Crippen molar-refractivity contribution in [2.45, 2.75) is 50.2 Å². The van der Waals surface area contributed by atoms with Gasteiger partial charge in [-0.2, -0.15) is 0 Å². The van der Waals surface area contributed by atoms with Crippen LogP contribution in [0.5, 0.6) is 0 Å². The van der Waals surface area contributed by atoms with Crippen LogP contribution in [0.15, 0.2) is 18.2 Å². The minimum absolute atomic E-state index is 0. The second-order valence-electron chi connectivity index (χ2n) is 11.1. The number of aliphatic hydroxyl groups excluding tert-OH is 4. The van der Waals surface area contributed by atoms with Crippen molar-refractivity contribution in [3.63, 3.8) is 0 Å². The Morgan fingerprint density at radius 3 is 1.55 bits per heavy atom. The molecular weight excluding hydrogens is 695 g/mol. The minimum Gasteiger partial charge on any atom is -0.480 e. The molecule has 1 aromatic rings. The summed E-state index contributed by atoms with van der Waals surface area (Å²) >= 11 is 10.4. The number of hydrogen-bond acceptors (Lipinski definition) is 12. The average molecular weight is 744 g/mol. The van der Waals surface area contributed by atoms with Gasteiger partial charge >= 0.3 is 11.9 Å². The number of pyridine rings is 1. The molecule has 10 N–H and O–H groups in total. The number of nitrogens with one attached hydrogen (secondary N) is 4. The molecule has 0 aliphatic carbocycles. The van der Waals surface area contributed by atoms with Gasteiger partial charge in [0, 0.05) is 82.5 Å². The molecule has 0 fully saturated rings. The van der Waals surface area contributed by atoms with Crippen LogP contribution < -0.4 is 21.3 Å². The van der Waals surface area contributed by atoms with E-state index >= 15 is 0 Å². The Morgan fingerprint density at radius 2 is 1.19 bits per heavy atom. The second kappa shape index (κ2) is 23.1. The zero-order chi connectivity index (χ0) is 34.1. The molecule has 0 aromatic carbocycles. The molecule has 2 rings (SSSR count). The van der Waals surface area contributed by atoms with Crippen molar-refractivity contribution in [2.24, 2.45) is 0 Å². The summed E-state index contributed by atoms with van der Waals surface area (Å²) in [6.45, 7) is 2.30. The maximum Gasteiger partial charge on any atom is 0.320 e. The van der Waals surface area contributed by atoms with Crippen molar-refractivity contribution in [1.29, 1.82) is 0 Å². The summed E-state index contributed by atoms with van der Waals surface area (Å²) in [4.78, 5) is 35.3. The molecule has 0 spiro atoms. The summed E-state index contributed by atoms with van der Waals surface area (Å²) in [6.07, 6.45) is -1.43. The molecule has 267 valence electrons. The van der Waals surface area contributed by atoms with E-state index in [1.54, 1.807) is 0 Å². The van der Waals surface area contributed by atoms with E-state index < -0.39 is 49.4 Å². The third-order valence-electron chi connectivity index (χ3n) is 7.41. The summed E-state index contributed by atoms with van der Waals surface area (Å²) in [5.41, 5.74) is 1.31. The van der Waals surface area contributed by atoms with Gasteiger partial charge in [-0.3, -0.25) is 24.4 Å². The summed E-state index contributed by atoms with van der Waals surface area (Å²) in [6, 6.07) is 3.79. The van der Waals surface area contributed by atoms with Crippen molar-refractivity contribution in [3.8, 4) is 0 Å². The molecule has 1 aromatic heterocycles. The Hall–Kier alpha value is -2.29. The number of aliphatic carboxylic acids is 2. The van der Waals surface area contributed by atoms with E-state index in [4.69, 9.17) is 39.6 Å². The van der Waals surface area contributed by atoms with Crippen LogP contribution in [0.1, 0.15) is 24.2 Å². The maximum absolute atomic E-state index is 12.4. The smallest absolute Gasteiger partial charge is 0.320 e. The number of aliphatic hydroxyl groups is 4. The fraction of sp³-hybridized carbons (Fsp3) is 0.679. The molecule has 2 bridgehead atoms. The number of fused-ring (bicyclic) bond motifs is 2. The van der Waals surface area contributed by atoms with Crippen LogP contribution in [0.25, 0.3) is 0 Å². The standard InChI is InChI=1S/C28H48N8O8S2.Mn/c1-34-9-11-35(23(25(41)42)5-7-29-27(45)31-13-21(39)17-37)15-19-3-2-4-20(33-19)16-36(12-10-34)24(26(43)44)6-8-30-28(46)32-14-22(40)18-38;/h2-4,21-24,37-40H,5-18H2,1H3,(H,41,42)(H,43,44)(H2,29,31,45)(H2,30,32,46);/t21-,22-,23?,24?;/m0./s1. The normalized spacial score (nSPS) is 17.4. The first kappa shape index (κ1) is 42.7. The van der Waals surface area contributed by atoms with Gasteiger partial charge in [0.1, 0.15) is 12.1 Å². The minimum atomic E-state index is -0.981. The van der Waals surface area contributed by atoms with E-state index in [-0.39, 0.29) is 79.4 Å². The van der Waals surface area contributed by atoms with Crippen molar-refractivity contribution in [1.82, 2.24) is 41.0 Å². The number of nitrogens with zero attached hydrogens (tertiary/aromatic N) is 4. The molecule has 2 heterocycles. The maximum atomic E-state index is 12.4. The van der Waals surface area contributed by atoms with Crippen molar-refractivity contribution >= 4 is 46.6 Å². The first-order valence-electron chi connectivity index (χ1n) is 15.1. The number of carbonyl (C=O) groups is 2. The van der Waals surface area contributed by atoms with E-state index in [2.05, 4.69) is 21.3 Å². The molecule has 1 aliphatic heterocycles. The van der Waals surface area contributed by atoms with Gasteiger partial charge in [-0.25, -0.2) is 0 Å². The molecule has 0 amide bonds. The largest absolute Gasteiger partial charge is 0.480 e. The van der Waals surface area contributed by atoms with Crippen molar-refractivity contribution in [3.05, 3.63) is 29.6 Å². The van der Waals surface area contributed by atoms with Gasteiger partial charge < -0.3 is 56.8 Å². The van der Waals surface area contributed by atoms with E-state index in [1.807, 2.05) is 39.9 Å². The number of thiocarbonyl (C=S) groups is 2. The van der Waals surface area contributed by atoms with Gasteiger partial charge in [-0.05, 0) is 56.5 Å². The Kier molecular flexibility index (Phi) is 21.0. The summed E-state index contributed by atoms with van der Waals surface area (Å²) in [5.74, 6) is -1.96. The van der Waals surface area contributed by atoms with Gasteiger partial charge in [-0.1, -0.05) is 6.07 Å². The topological polar surface area (TPSA) is 226 Å². The fourth-order valence-electron chi connectivity index (χ4n) is 4.77. The number of rotatable bonds is 16. The first-order chi connectivity index (χ1) is 21.9. The van der Waals surface area contributed by atoms with Crippen LogP contribution in [0.4, 0.5) is 0 Å². The molecule has 4 atom stereocenters. The predicted molar refractivity (Wildman–Crippen MR) is 178 cm³/mol. The van der Waals surface area contributed by atoms with Gasteiger partial charge in [0.2, 0.25) is 0 Å². The molecule has 1 radical (unpaired) electrons. The summed E-state index contributed by atoms with van der Waals surface area (Å²) < 4.78 is 0. The number of carboxylic acid groups (broad SMARTS) is 2. The molecule has 0 saturated carbocycles. The quantitative estimate of drug-likeness (QED) is 0.0600. The number of aromatic nitrogens is 1. The first-order valence-corrected chi connectivity index (χ1v) is 15.9. The van der Waals surface area contributed by atoms with E-state index in [0.29, 0.717) is 37.6 Å². The van der Waals surface area contributed by atoms with Crippen molar-refractivity contribution in [2.75, 3.05) is 72.6 Å². The summed E-state index contributed by atoms with van der Waals surface area (Å²) in [5, 5.41) is 69.1. The van der Waals surface area contributed by atoms with Crippen LogP contribution in [-0.4, -0.2) is 169 Å². The van der Waals surface area contributed by atoms with Gasteiger partial charge in [-0.15, -0.1) is 0 Å². The molecular formula is C28H48MnN8O8S2. The van der Waals surface area contributed by atoms with Crippen LogP contribution in [0.3, 0.4) is 0 Å². The number of carboxylic acids is 2. The zero-order valence-electron chi connectivity index (χ0n) is 26.4. The van der Waals surface area contributed by atoms with Gasteiger partial charge in [0.25, 0.3) is 0 Å². The molecule has 0 saturated heterocycles.